The smallest absolute Gasteiger partial charge is 0.178 e. The molecule has 0 radical (unpaired) electrons. The average Bonchev–Trinajstić information content (AvgIpc) is 3.27. The number of ether oxygens (including phenoxy) is 1. The Kier molecular flexibility index (Phi) is 6.63. The van der Waals surface area contributed by atoms with E-state index in [0.29, 0.717) is 13.2 Å². The summed E-state index contributed by atoms with van der Waals surface area (Å²) >= 11 is 1.78. The number of carbonyl (C=O) groups is 1. The molecule has 0 atom stereocenters. The van der Waals surface area contributed by atoms with E-state index in [9.17, 15) is 4.79 Å². The maximum atomic E-state index is 12.9. The molecule has 0 saturated carbocycles. The summed E-state index contributed by atoms with van der Waals surface area (Å²) in [7, 11) is 1.71. The van der Waals surface area contributed by atoms with Gasteiger partial charge in [0.1, 0.15) is 5.01 Å². The molecule has 2 aromatic heterocycles. The Hall–Kier alpha value is -2.06. The number of ketones is 1. The number of rotatable bonds is 8. The molecule has 0 amide bonds. The third-order valence-corrected chi connectivity index (χ3v) is 6.94. The molecule has 0 bridgehead atoms. The van der Waals surface area contributed by atoms with E-state index in [2.05, 4.69) is 39.5 Å². The summed E-state index contributed by atoms with van der Waals surface area (Å²) in [6.07, 6.45) is 0. The number of hydrogen-bond acceptors (Lipinski definition) is 6. The minimum absolute atomic E-state index is 0.214. The molecule has 1 fully saturated rings. The fourth-order valence-corrected chi connectivity index (χ4v) is 5.19. The average molecular weight is 427 g/mol. The minimum Gasteiger partial charge on any atom is -0.383 e. The van der Waals surface area contributed by atoms with Crippen molar-refractivity contribution in [2.24, 2.45) is 0 Å². The van der Waals surface area contributed by atoms with Gasteiger partial charge in [0.15, 0.2) is 5.78 Å². The van der Waals surface area contributed by atoms with E-state index in [-0.39, 0.29) is 5.78 Å². The number of piperazine rings is 1. The van der Waals surface area contributed by atoms with Gasteiger partial charge in [0.05, 0.1) is 29.9 Å². The zero-order valence-electron chi connectivity index (χ0n) is 18.1. The van der Waals surface area contributed by atoms with E-state index < -0.39 is 0 Å². The van der Waals surface area contributed by atoms with Gasteiger partial charge in [-0.1, -0.05) is 12.1 Å². The number of nitrogens with zero attached hydrogens (tertiary/aromatic N) is 4. The van der Waals surface area contributed by atoms with Crippen LogP contribution in [0, 0.1) is 13.8 Å². The van der Waals surface area contributed by atoms with E-state index in [4.69, 9.17) is 9.72 Å². The highest BCUT2D eigenvalue weighted by molar-refractivity contribution is 7.18. The van der Waals surface area contributed by atoms with E-state index in [1.54, 1.807) is 18.4 Å². The molecule has 4 rings (SSSR count). The quantitative estimate of drug-likeness (QED) is 0.517. The highest BCUT2D eigenvalue weighted by atomic mass is 32.1. The van der Waals surface area contributed by atoms with Gasteiger partial charge in [0.2, 0.25) is 0 Å². The maximum absolute atomic E-state index is 12.9. The van der Waals surface area contributed by atoms with E-state index in [0.717, 1.165) is 61.7 Å². The molecule has 7 heteroatoms. The van der Waals surface area contributed by atoms with Gasteiger partial charge in [-0.15, -0.1) is 11.3 Å². The Bertz CT molecular complexity index is 985. The molecule has 0 aliphatic carbocycles. The summed E-state index contributed by atoms with van der Waals surface area (Å²) in [5, 5.41) is 1.17. The number of benzene rings is 1. The number of hydrogen-bond donors (Lipinski definition) is 0. The van der Waals surface area contributed by atoms with Crippen LogP contribution in [-0.4, -0.2) is 71.6 Å². The van der Waals surface area contributed by atoms with Crippen molar-refractivity contribution in [1.82, 2.24) is 19.4 Å². The van der Waals surface area contributed by atoms with Gasteiger partial charge < -0.3 is 9.30 Å². The van der Waals surface area contributed by atoms with Gasteiger partial charge in [0, 0.05) is 56.8 Å². The standard InChI is InChI=1S/C23H30N4O2S/c1-17-14-19(18(2)27(17)12-13-29-3)21(28)15-25-8-10-26(11-9-25)16-23-24-20-6-4-5-7-22(20)30-23/h4-7,14H,8-13,15-16H2,1-3H3. The zero-order chi connectivity index (χ0) is 21.1. The molecular formula is C23H30N4O2S. The first-order valence-corrected chi connectivity index (χ1v) is 11.3. The number of para-hydroxylation sites is 1. The summed E-state index contributed by atoms with van der Waals surface area (Å²) in [5.41, 5.74) is 4.10. The van der Waals surface area contributed by atoms with Crippen molar-refractivity contribution in [2.75, 3.05) is 46.4 Å². The highest BCUT2D eigenvalue weighted by Crippen LogP contribution is 2.23. The second-order valence-corrected chi connectivity index (χ2v) is 9.10. The van der Waals surface area contributed by atoms with Crippen LogP contribution in [-0.2, 0) is 17.8 Å². The molecule has 3 heterocycles. The summed E-state index contributed by atoms with van der Waals surface area (Å²) in [5.74, 6) is 0.214. The molecule has 1 aliphatic heterocycles. The van der Waals surface area contributed by atoms with Crippen LogP contribution in [0.25, 0.3) is 10.2 Å². The molecule has 160 valence electrons. The molecule has 30 heavy (non-hydrogen) atoms. The molecule has 6 nitrogen and oxygen atoms in total. The normalized spacial score (nSPS) is 15.8. The molecule has 1 saturated heterocycles. The van der Waals surface area contributed by atoms with Crippen LogP contribution in [0.2, 0.25) is 0 Å². The Morgan fingerprint density at radius 2 is 1.87 bits per heavy atom. The molecule has 0 spiro atoms. The SMILES string of the molecule is COCCn1c(C)cc(C(=O)CN2CCN(Cc3nc4ccccc4s3)CC2)c1C. The van der Waals surface area contributed by atoms with Crippen molar-refractivity contribution in [3.05, 3.63) is 52.3 Å². The van der Waals surface area contributed by atoms with Crippen LogP contribution in [0.3, 0.4) is 0 Å². The fraction of sp³-hybridized carbons (Fsp3) is 0.478. The van der Waals surface area contributed by atoms with Crippen molar-refractivity contribution < 1.29 is 9.53 Å². The zero-order valence-corrected chi connectivity index (χ0v) is 18.9. The van der Waals surface area contributed by atoms with Crippen LogP contribution in [0.15, 0.2) is 30.3 Å². The number of aromatic nitrogens is 2. The first kappa shape index (κ1) is 21.2. The Morgan fingerprint density at radius 1 is 1.13 bits per heavy atom. The van der Waals surface area contributed by atoms with E-state index in [1.165, 1.54) is 9.71 Å². The number of thiazole rings is 1. The lowest BCUT2D eigenvalue weighted by Gasteiger charge is -2.33. The maximum Gasteiger partial charge on any atom is 0.178 e. The summed E-state index contributed by atoms with van der Waals surface area (Å²) in [4.78, 5) is 22.4. The molecule has 3 aromatic rings. The van der Waals surface area contributed by atoms with E-state index >= 15 is 0 Å². The monoisotopic (exact) mass is 426 g/mol. The van der Waals surface area contributed by atoms with Gasteiger partial charge in [-0.25, -0.2) is 4.98 Å². The molecule has 1 aliphatic rings. The van der Waals surface area contributed by atoms with Crippen molar-refractivity contribution in [3.8, 4) is 0 Å². The largest absolute Gasteiger partial charge is 0.383 e. The predicted molar refractivity (Wildman–Crippen MR) is 121 cm³/mol. The lowest BCUT2D eigenvalue weighted by molar-refractivity contribution is 0.0843. The van der Waals surface area contributed by atoms with Crippen LogP contribution in [0.4, 0.5) is 0 Å². The van der Waals surface area contributed by atoms with Crippen molar-refractivity contribution >= 4 is 27.3 Å². The molecular weight excluding hydrogens is 396 g/mol. The summed E-state index contributed by atoms with van der Waals surface area (Å²) in [6, 6.07) is 10.3. The lowest BCUT2D eigenvalue weighted by Crippen LogP contribution is -2.47. The Balaban J connectivity index is 1.31. The van der Waals surface area contributed by atoms with Crippen LogP contribution in [0.1, 0.15) is 26.8 Å². The number of methoxy groups -OCH3 is 1. The molecule has 0 N–H and O–H groups in total. The van der Waals surface area contributed by atoms with Crippen LogP contribution >= 0.6 is 11.3 Å². The lowest BCUT2D eigenvalue weighted by atomic mass is 10.1. The van der Waals surface area contributed by atoms with E-state index in [1.807, 2.05) is 19.1 Å². The van der Waals surface area contributed by atoms with Gasteiger partial charge in [0.25, 0.3) is 0 Å². The van der Waals surface area contributed by atoms with Crippen molar-refractivity contribution in [1.29, 1.82) is 0 Å². The Labute approximate surface area is 182 Å². The first-order chi connectivity index (χ1) is 14.5. The van der Waals surface area contributed by atoms with Gasteiger partial charge in [-0.05, 0) is 32.0 Å². The predicted octanol–water partition coefficient (Wildman–Crippen LogP) is 3.36. The third kappa shape index (κ3) is 4.64. The van der Waals surface area contributed by atoms with Crippen molar-refractivity contribution in [2.45, 2.75) is 26.9 Å². The summed E-state index contributed by atoms with van der Waals surface area (Å²) < 4.78 is 8.62. The number of aryl methyl sites for hydroxylation is 1. The minimum atomic E-state index is 0.214. The molecule has 1 aromatic carbocycles. The third-order valence-electron chi connectivity index (χ3n) is 5.92. The number of Topliss-reactive ketones (excluding diaryl/α,β-unsaturated/α-hetero) is 1. The van der Waals surface area contributed by atoms with Gasteiger partial charge in [-0.2, -0.15) is 0 Å². The van der Waals surface area contributed by atoms with Gasteiger partial charge in [-0.3, -0.25) is 14.6 Å². The van der Waals surface area contributed by atoms with Gasteiger partial charge >= 0.3 is 0 Å². The van der Waals surface area contributed by atoms with Crippen molar-refractivity contribution in [3.63, 3.8) is 0 Å². The topological polar surface area (TPSA) is 50.6 Å². The number of carbonyl (C=O) groups excluding carboxylic acids is 1. The molecule has 0 unspecified atom stereocenters. The van der Waals surface area contributed by atoms with Crippen LogP contribution in [0.5, 0.6) is 0 Å². The second-order valence-electron chi connectivity index (χ2n) is 7.98. The first-order valence-electron chi connectivity index (χ1n) is 10.5. The second kappa shape index (κ2) is 9.39. The number of fused-ring (bicyclic) bond motifs is 1. The van der Waals surface area contributed by atoms with Crippen LogP contribution < -0.4 is 0 Å². The Morgan fingerprint density at radius 3 is 2.60 bits per heavy atom. The fourth-order valence-electron chi connectivity index (χ4n) is 4.18. The highest BCUT2D eigenvalue weighted by Gasteiger charge is 2.22. The summed E-state index contributed by atoms with van der Waals surface area (Å²) in [6.45, 7) is 10.7.